The van der Waals surface area contributed by atoms with Crippen LogP contribution < -0.4 is 15.5 Å². The maximum atomic E-state index is 14.2. The molecule has 198 valence electrons. The molecule has 2 amide bonds. The van der Waals surface area contributed by atoms with E-state index >= 15 is 0 Å². The van der Waals surface area contributed by atoms with E-state index in [-0.39, 0.29) is 33.3 Å². The van der Waals surface area contributed by atoms with Crippen LogP contribution in [-0.4, -0.2) is 46.8 Å². The number of rotatable bonds is 5. The fourth-order valence-electron chi connectivity index (χ4n) is 5.67. The standard InChI is InChI=1S/C27H31ClF2N4O3/c1-25(2,3)37-24(36)33-26(4)5-6-34(14-26)21-19(23(35)32-27-10-15(11-27)12-27)13-31-22(28)20(21)16-7-17(29)9-18(30)8-16/h7-9,13,15H,5-6,10-12,14H2,1-4H3,(H,32,35)(H,33,36)/t15?,26-,27?/m0/s1. The Morgan fingerprint density at radius 3 is 2.35 bits per heavy atom. The lowest BCUT2D eigenvalue weighted by molar-refractivity contribution is -0.0438. The molecule has 37 heavy (non-hydrogen) atoms. The zero-order valence-electron chi connectivity index (χ0n) is 21.4. The fraction of sp³-hybridized carbons (Fsp3) is 0.519. The second-order valence-corrected chi connectivity index (χ2v) is 12.3. The summed E-state index contributed by atoms with van der Waals surface area (Å²) in [5.41, 5.74) is -0.352. The Morgan fingerprint density at radius 1 is 1.14 bits per heavy atom. The summed E-state index contributed by atoms with van der Waals surface area (Å²) in [5, 5.41) is 6.12. The van der Waals surface area contributed by atoms with Crippen molar-refractivity contribution in [3.63, 3.8) is 0 Å². The van der Waals surface area contributed by atoms with E-state index in [1.165, 1.54) is 18.3 Å². The van der Waals surface area contributed by atoms with Crippen molar-refractivity contribution < 1.29 is 23.1 Å². The van der Waals surface area contributed by atoms with E-state index in [2.05, 4.69) is 15.6 Å². The van der Waals surface area contributed by atoms with Crippen molar-refractivity contribution in [2.24, 2.45) is 5.92 Å². The third-order valence-electron chi connectivity index (χ3n) is 7.41. The smallest absolute Gasteiger partial charge is 0.408 e. The van der Waals surface area contributed by atoms with Crippen LogP contribution in [0.1, 0.15) is 63.7 Å². The number of ether oxygens (including phenoxy) is 1. The SMILES string of the molecule is CC(C)(C)OC(=O)N[C@@]1(C)CCN(c2c(C(=O)NC34CC(C3)C4)cnc(Cl)c2-c2cc(F)cc(F)c2)C1. The average Bonchev–Trinajstić information content (AvgIpc) is 3.08. The lowest BCUT2D eigenvalue weighted by Crippen LogP contribution is -2.68. The Labute approximate surface area is 219 Å². The maximum Gasteiger partial charge on any atom is 0.408 e. The molecule has 1 aromatic carbocycles. The number of pyridine rings is 1. The summed E-state index contributed by atoms with van der Waals surface area (Å²) in [4.78, 5) is 32.2. The number of alkyl carbamates (subject to hydrolysis) is 1. The van der Waals surface area contributed by atoms with Crippen molar-refractivity contribution in [2.75, 3.05) is 18.0 Å². The third kappa shape index (κ3) is 5.10. The molecule has 1 atom stereocenters. The predicted octanol–water partition coefficient (Wildman–Crippen LogP) is 5.46. The summed E-state index contributed by atoms with van der Waals surface area (Å²) in [6, 6.07) is 3.13. The summed E-state index contributed by atoms with van der Waals surface area (Å²) in [6.45, 7) is 8.04. The first-order chi connectivity index (χ1) is 17.2. The van der Waals surface area contributed by atoms with E-state index < -0.39 is 28.9 Å². The van der Waals surface area contributed by atoms with Gasteiger partial charge in [0.1, 0.15) is 22.4 Å². The zero-order valence-corrected chi connectivity index (χ0v) is 22.1. The highest BCUT2D eigenvalue weighted by Crippen LogP contribution is 2.57. The molecule has 1 aromatic heterocycles. The first-order valence-electron chi connectivity index (χ1n) is 12.5. The van der Waals surface area contributed by atoms with Crippen LogP contribution in [0.3, 0.4) is 0 Å². The van der Waals surface area contributed by atoms with Crippen LogP contribution in [0.25, 0.3) is 11.1 Å². The average molecular weight is 533 g/mol. The van der Waals surface area contributed by atoms with Gasteiger partial charge in [-0.25, -0.2) is 18.6 Å². The Kier molecular flexibility index (Phi) is 6.13. The van der Waals surface area contributed by atoms with Crippen molar-refractivity contribution in [1.29, 1.82) is 0 Å². The number of carbonyl (C=O) groups excluding carboxylic acids is 2. The minimum Gasteiger partial charge on any atom is -0.444 e. The van der Waals surface area contributed by atoms with Crippen LogP contribution in [0.15, 0.2) is 24.4 Å². The molecular weight excluding hydrogens is 502 g/mol. The third-order valence-corrected chi connectivity index (χ3v) is 7.70. The van der Waals surface area contributed by atoms with E-state index in [9.17, 15) is 18.4 Å². The molecule has 2 aromatic rings. The summed E-state index contributed by atoms with van der Waals surface area (Å²) in [6.07, 6.45) is 4.29. The molecule has 1 aliphatic heterocycles. The molecular formula is C27H31ClF2N4O3. The highest BCUT2D eigenvalue weighted by molar-refractivity contribution is 6.33. The zero-order chi connectivity index (χ0) is 26.8. The number of hydrogen-bond acceptors (Lipinski definition) is 5. The molecule has 0 spiro atoms. The number of halogens is 3. The van der Waals surface area contributed by atoms with Gasteiger partial charge < -0.3 is 20.3 Å². The molecule has 2 N–H and O–H groups in total. The molecule has 2 bridgehead atoms. The van der Waals surface area contributed by atoms with Gasteiger partial charge in [0, 0.05) is 36.5 Å². The second kappa shape index (κ2) is 8.82. The number of benzene rings is 1. The normalized spacial score (nSPS) is 26.2. The van der Waals surface area contributed by atoms with Crippen molar-refractivity contribution in [3.05, 3.63) is 46.7 Å². The van der Waals surface area contributed by atoms with Gasteiger partial charge >= 0.3 is 6.09 Å². The van der Waals surface area contributed by atoms with Gasteiger partial charge in [-0.2, -0.15) is 0 Å². The Hall–Kier alpha value is -2.94. The highest BCUT2D eigenvalue weighted by atomic mass is 35.5. The monoisotopic (exact) mass is 532 g/mol. The number of nitrogens with zero attached hydrogens (tertiary/aromatic N) is 2. The van der Waals surface area contributed by atoms with Crippen molar-refractivity contribution in [3.8, 4) is 11.1 Å². The molecule has 10 heteroatoms. The molecule has 2 heterocycles. The number of carbonyl (C=O) groups is 2. The quantitative estimate of drug-likeness (QED) is 0.500. The summed E-state index contributed by atoms with van der Waals surface area (Å²) < 4.78 is 33.9. The van der Waals surface area contributed by atoms with E-state index in [4.69, 9.17) is 16.3 Å². The van der Waals surface area contributed by atoms with Crippen LogP contribution in [0.2, 0.25) is 5.15 Å². The Bertz CT molecular complexity index is 1240. The van der Waals surface area contributed by atoms with Gasteiger partial charge in [-0.15, -0.1) is 0 Å². The lowest BCUT2D eigenvalue weighted by atomic mass is 9.50. The van der Waals surface area contributed by atoms with Gasteiger partial charge in [0.05, 0.1) is 16.8 Å². The van der Waals surface area contributed by atoms with E-state index in [1.807, 2.05) is 11.8 Å². The molecule has 4 fully saturated rings. The highest BCUT2D eigenvalue weighted by Gasteiger charge is 2.57. The molecule has 0 radical (unpaired) electrons. The molecule has 3 saturated carbocycles. The second-order valence-electron chi connectivity index (χ2n) is 11.9. The van der Waals surface area contributed by atoms with E-state index in [0.29, 0.717) is 31.1 Å². The van der Waals surface area contributed by atoms with Crippen LogP contribution in [0.4, 0.5) is 19.3 Å². The van der Waals surface area contributed by atoms with Crippen molar-refractivity contribution in [2.45, 2.75) is 70.1 Å². The first-order valence-corrected chi connectivity index (χ1v) is 12.9. The van der Waals surface area contributed by atoms with Gasteiger partial charge in [-0.05, 0) is 77.0 Å². The largest absolute Gasteiger partial charge is 0.444 e. The van der Waals surface area contributed by atoms with Crippen LogP contribution in [-0.2, 0) is 4.74 Å². The number of amides is 2. The number of aromatic nitrogens is 1. The first kappa shape index (κ1) is 25.7. The number of hydrogen-bond donors (Lipinski definition) is 2. The number of anilines is 1. The van der Waals surface area contributed by atoms with Crippen molar-refractivity contribution >= 4 is 29.3 Å². The van der Waals surface area contributed by atoms with E-state index in [0.717, 1.165) is 25.3 Å². The molecule has 7 nitrogen and oxygen atoms in total. The van der Waals surface area contributed by atoms with Gasteiger partial charge in [0.15, 0.2) is 0 Å². The van der Waals surface area contributed by atoms with Crippen LogP contribution >= 0.6 is 11.6 Å². The van der Waals surface area contributed by atoms with Crippen LogP contribution in [0.5, 0.6) is 0 Å². The minimum absolute atomic E-state index is 0.0239. The maximum absolute atomic E-state index is 14.2. The molecule has 6 rings (SSSR count). The molecule has 1 saturated heterocycles. The topological polar surface area (TPSA) is 83.6 Å². The Balaban J connectivity index is 1.52. The van der Waals surface area contributed by atoms with E-state index in [1.54, 1.807) is 20.8 Å². The van der Waals surface area contributed by atoms with Crippen LogP contribution in [0, 0.1) is 17.6 Å². The number of nitrogens with one attached hydrogen (secondary N) is 2. The van der Waals surface area contributed by atoms with Gasteiger partial charge in [0.25, 0.3) is 5.91 Å². The molecule has 4 aliphatic rings. The van der Waals surface area contributed by atoms with Gasteiger partial charge in [0.2, 0.25) is 0 Å². The lowest BCUT2D eigenvalue weighted by Gasteiger charge is -2.61. The summed E-state index contributed by atoms with van der Waals surface area (Å²) in [7, 11) is 0. The minimum atomic E-state index is -0.765. The molecule has 0 unspecified atom stereocenters. The van der Waals surface area contributed by atoms with Gasteiger partial charge in [-0.1, -0.05) is 11.6 Å². The summed E-state index contributed by atoms with van der Waals surface area (Å²) >= 11 is 6.53. The molecule has 3 aliphatic carbocycles. The summed E-state index contributed by atoms with van der Waals surface area (Å²) in [5.74, 6) is -1.16. The Morgan fingerprint density at radius 2 is 1.78 bits per heavy atom. The van der Waals surface area contributed by atoms with Crippen molar-refractivity contribution in [1.82, 2.24) is 15.6 Å². The van der Waals surface area contributed by atoms with Gasteiger partial charge in [-0.3, -0.25) is 4.79 Å². The predicted molar refractivity (Wildman–Crippen MR) is 137 cm³/mol. The fourth-order valence-corrected chi connectivity index (χ4v) is 5.92.